The molecular formula is C16H18FN5O3. The molecule has 0 aliphatic heterocycles. The van der Waals surface area contributed by atoms with Crippen LogP contribution in [0.5, 0.6) is 5.75 Å². The van der Waals surface area contributed by atoms with Gasteiger partial charge in [-0.1, -0.05) is 5.16 Å². The summed E-state index contributed by atoms with van der Waals surface area (Å²) in [5.74, 6) is 0.934. The highest BCUT2D eigenvalue weighted by molar-refractivity contribution is 5.95. The van der Waals surface area contributed by atoms with Gasteiger partial charge in [-0.05, 0) is 19.1 Å². The average Bonchev–Trinajstić information content (AvgIpc) is 3.00. The Morgan fingerprint density at radius 1 is 1.28 bits per heavy atom. The lowest BCUT2D eigenvalue weighted by molar-refractivity contribution is 0.147. The molecule has 8 nitrogen and oxygen atoms in total. The third kappa shape index (κ3) is 3.77. The number of nitrogens with zero attached hydrogens (tertiary/aromatic N) is 3. The summed E-state index contributed by atoms with van der Waals surface area (Å²) in [6.45, 7) is 2.84. The van der Waals surface area contributed by atoms with E-state index in [-0.39, 0.29) is 11.5 Å². The number of nitrogens with two attached hydrogens (primary N) is 1. The van der Waals surface area contributed by atoms with Crippen LogP contribution in [0.15, 0.2) is 22.7 Å². The fourth-order valence-corrected chi connectivity index (χ4v) is 2.35. The fraction of sp³-hybridized carbons (Fsp3) is 0.312. The highest BCUT2D eigenvalue weighted by Crippen LogP contribution is 2.32. The lowest BCUT2D eigenvalue weighted by Crippen LogP contribution is -2.09. The highest BCUT2D eigenvalue weighted by atomic mass is 19.1. The molecule has 3 N–H and O–H groups in total. The predicted octanol–water partition coefficient (Wildman–Crippen LogP) is 2.28. The van der Waals surface area contributed by atoms with Crippen LogP contribution in [0.2, 0.25) is 0 Å². The maximum Gasteiger partial charge on any atom is 0.222 e. The normalized spacial score (nSPS) is 11.0. The predicted molar refractivity (Wildman–Crippen MR) is 89.8 cm³/mol. The molecule has 132 valence electrons. The van der Waals surface area contributed by atoms with Crippen molar-refractivity contribution in [2.45, 2.75) is 13.5 Å². The van der Waals surface area contributed by atoms with Crippen molar-refractivity contribution in [2.75, 3.05) is 31.4 Å². The van der Waals surface area contributed by atoms with E-state index in [1.807, 2.05) is 0 Å². The summed E-state index contributed by atoms with van der Waals surface area (Å²) in [6, 6.07) is 4.59. The van der Waals surface area contributed by atoms with Crippen LogP contribution in [0.25, 0.3) is 10.9 Å². The molecule has 2 aromatic heterocycles. The van der Waals surface area contributed by atoms with Gasteiger partial charge >= 0.3 is 0 Å². The van der Waals surface area contributed by atoms with Gasteiger partial charge in [0, 0.05) is 13.2 Å². The zero-order valence-electron chi connectivity index (χ0n) is 13.9. The SMILES string of the molecule is COCCOc1ccc(F)c2nc(N)nc(NCc3cc(C)on3)c12. The molecule has 0 aliphatic carbocycles. The van der Waals surface area contributed by atoms with E-state index >= 15 is 0 Å². The second-order valence-electron chi connectivity index (χ2n) is 5.32. The molecule has 25 heavy (non-hydrogen) atoms. The first-order valence-electron chi connectivity index (χ1n) is 7.62. The second kappa shape index (κ2) is 7.31. The Morgan fingerprint density at radius 2 is 2.12 bits per heavy atom. The summed E-state index contributed by atoms with van der Waals surface area (Å²) in [5, 5.41) is 7.39. The molecule has 0 bridgehead atoms. The van der Waals surface area contributed by atoms with Crippen molar-refractivity contribution >= 4 is 22.7 Å². The van der Waals surface area contributed by atoms with E-state index in [1.54, 1.807) is 20.1 Å². The van der Waals surface area contributed by atoms with Crippen molar-refractivity contribution in [3.05, 3.63) is 35.5 Å². The third-order valence-corrected chi connectivity index (χ3v) is 3.44. The Hall–Kier alpha value is -2.94. The standard InChI is InChI=1S/C16H18FN5O3/c1-9-7-10(22-25-9)8-19-15-13-12(24-6-5-23-2)4-3-11(17)14(13)20-16(18)21-15/h3-4,7H,5-6,8H2,1-2H3,(H3,18,19,20,21). The summed E-state index contributed by atoms with van der Waals surface area (Å²) in [5.41, 5.74) is 6.48. The van der Waals surface area contributed by atoms with Gasteiger partial charge in [0.2, 0.25) is 5.95 Å². The van der Waals surface area contributed by atoms with Gasteiger partial charge in [-0.3, -0.25) is 0 Å². The van der Waals surface area contributed by atoms with Crippen molar-refractivity contribution in [3.8, 4) is 5.75 Å². The van der Waals surface area contributed by atoms with E-state index < -0.39 is 5.82 Å². The smallest absolute Gasteiger partial charge is 0.222 e. The van der Waals surface area contributed by atoms with Crippen LogP contribution >= 0.6 is 0 Å². The molecule has 0 unspecified atom stereocenters. The Bertz CT molecular complexity index is 884. The Kier molecular flexibility index (Phi) is 4.94. The lowest BCUT2D eigenvalue weighted by Gasteiger charge is -2.13. The molecule has 0 saturated carbocycles. The zero-order chi connectivity index (χ0) is 17.8. The molecular weight excluding hydrogens is 329 g/mol. The fourth-order valence-electron chi connectivity index (χ4n) is 2.35. The van der Waals surface area contributed by atoms with E-state index in [1.165, 1.54) is 12.1 Å². The molecule has 0 atom stereocenters. The van der Waals surface area contributed by atoms with Gasteiger partial charge in [-0.25, -0.2) is 9.37 Å². The Balaban J connectivity index is 1.98. The van der Waals surface area contributed by atoms with E-state index in [2.05, 4.69) is 20.4 Å². The molecule has 0 fully saturated rings. The van der Waals surface area contributed by atoms with Gasteiger partial charge in [-0.2, -0.15) is 4.98 Å². The van der Waals surface area contributed by atoms with Crippen molar-refractivity contribution in [3.63, 3.8) is 0 Å². The number of nitrogens with one attached hydrogen (secondary N) is 1. The maximum atomic E-state index is 14.2. The van der Waals surface area contributed by atoms with Crippen LogP contribution in [0.1, 0.15) is 11.5 Å². The van der Waals surface area contributed by atoms with Crippen LogP contribution in [-0.2, 0) is 11.3 Å². The zero-order valence-corrected chi connectivity index (χ0v) is 13.9. The first-order chi connectivity index (χ1) is 12.1. The van der Waals surface area contributed by atoms with Crippen LogP contribution < -0.4 is 15.8 Å². The Morgan fingerprint density at radius 3 is 2.84 bits per heavy atom. The summed E-state index contributed by atoms with van der Waals surface area (Å²) < 4.78 is 29.9. The van der Waals surface area contributed by atoms with E-state index in [9.17, 15) is 4.39 Å². The van der Waals surface area contributed by atoms with Crippen molar-refractivity contribution in [2.24, 2.45) is 0 Å². The van der Waals surface area contributed by atoms with Crippen molar-refractivity contribution in [1.82, 2.24) is 15.1 Å². The summed E-state index contributed by atoms with van der Waals surface area (Å²) >= 11 is 0. The van der Waals surface area contributed by atoms with Crippen LogP contribution in [0.3, 0.4) is 0 Å². The number of hydrogen-bond donors (Lipinski definition) is 2. The molecule has 9 heteroatoms. The van der Waals surface area contributed by atoms with Crippen LogP contribution in [0, 0.1) is 12.7 Å². The number of hydrogen-bond acceptors (Lipinski definition) is 8. The molecule has 0 saturated heterocycles. The first-order valence-corrected chi connectivity index (χ1v) is 7.62. The number of ether oxygens (including phenoxy) is 2. The summed E-state index contributed by atoms with van der Waals surface area (Å²) in [4.78, 5) is 8.16. The molecule has 1 aromatic carbocycles. The van der Waals surface area contributed by atoms with Gasteiger partial charge in [0.15, 0.2) is 0 Å². The minimum atomic E-state index is -0.511. The molecule has 0 spiro atoms. The summed E-state index contributed by atoms with van der Waals surface area (Å²) in [7, 11) is 1.57. The van der Waals surface area contributed by atoms with E-state index in [0.717, 1.165) is 0 Å². The quantitative estimate of drug-likeness (QED) is 0.627. The number of halogens is 1. The van der Waals surface area contributed by atoms with Gasteiger partial charge in [0.1, 0.15) is 41.0 Å². The van der Waals surface area contributed by atoms with Gasteiger partial charge in [-0.15, -0.1) is 0 Å². The van der Waals surface area contributed by atoms with Crippen LogP contribution in [-0.4, -0.2) is 35.4 Å². The van der Waals surface area contributed by atoms with Crippen molar-refractivity contribution < 1.29 is 18.4 Å². The number of anilines is 2. The minimum Gasteiger partial charge on any atom is -0.490 e. The first kappa shape index (κ1) is 16.9. The van der Waals surface area contributed by atoms with Gasteiger partial charge in [0.25, 0.3) is 0 Å². The van der Waals surface area contributed by atoms with Gasteiger partial charge < -0.3 is 25.0 Å². The number of aryl methyl sites for hydroxylation is 1. The number of aromatic nitrogens is 3. The number of rotatable bonds is 7. The van der Waals surface area contributed by atoms with E-state index in [4.69, 9.17) is 19.7 Å². The topological polar surface area (TPSA) is 108 Å². The number of nitrogen functional groups attached to an aromatic ring is 1. The third-order valence-electron chi connectivity index (χ3n) is 3.44. The Labute approximate surface area is 143 Å². The molecule has 0 aliphatic rings. The molecule has 2 heterocycles. The lowest BCUT2D eigenvalue weighted by atomic mass is 10.2. The largest absolute Gasteiger partial charge is 0.490 e. The van der Waals surface area contributed by atoms with E-state index in [0.29, 0.717) is 48.2 Å². The molecule has 3 rings (SSSR count). The highest BCUT2D eigenvalue weighted by Gasteiger charge is 2.16. The molecule has 3 aromatic rings. The maximum absolute atomic E-state index is 14.2. The molecule has 0 amide bonds. The number of methoxy groups -OCH3 is 1. The number of benzene rings is 1. The van der Waals surface area contributed by atoms with Gasteiger partial charge in [0.05, 0.1) is 18.5 Å². The number of fused-ring (bicyclic) bond motifs is 1. The van der Waals surface area contributed by atoms with Crippen molar-refractivity contribution in [1.29, 1.82) is 0 Å². The minimum absolute atomic E-state index is 0.0423. The average molecular weight is 347 g/mol. The van der Waals surface area contributed by atoms with Crippen LogP contribution in [0.4, 0.5) is 16.2 Å². The monoisotopic (exact) mass is 347 g/mol. The molecule has 0 radical (unpaired) electrons. The summed E-state index contributed by atoms with van der Waals surface area (Å²) in [6.07, 6.45) is 0. The second-order valence-corrected chi connectivity index (χ2v) is 5.32.